The van der Waals surface area contributed by atoms with Crippen molar-refractivity contribution >= 4 is 29.5 Å². The van der Waals surface area contributed by atoms with Gasteiger partial charge in [0.05, 0.1) is 11.1 Å². The van der Waals surface area contributed by atoms with Gasteiger partial charge in [0.15, 0.2) is 5.82 Å². The van der Waals surface area contributed by atoms with Crippen molar-refractivity contribution in [2.45, 2.75) is 25.7 Å². The van der Waals surface area contributed by atoms with Crippen LogP contribution in [0, 0.1) is 10.1 Å². The Kier molecular flexibility index (Phi) is 5.31. The number of nitrogens with zero attached hydrogens (tertiary/aromatic N) is 6. The Labute approximate surface area is 163 Å². The zero-order chi connectivity index (χ0) is 19.3. The van der Waals surface area contributed by atoms with Gasteiger partial charge >= 0.3 is 0 Å². The van der Waals surface area contributed by atoms with Crippen molar-refractivity contribution < 1.29 is 4.92 Å². The summed E-state index contributed by atoms with van der Waals surface area (Å²) in [5.41, 5.74) is 3.65. The van der Waals surface area contributed by atoms with E-state index in [1.807, 2.05) is 6.07 Å². The Morgan fingerprint density at radius 2 is 1.75 bits per heavy atom. The molecular weight excluding hydrogens is 358 g/mol. The van der Waals surface area contributed by atoms with Crippen LogP contribution in [-0.4, -0.2) is 47.3 Å². The van der Waals surface area contributed by atoms with Crippen LogP contribution >= 0.6 is 0 Å². The van der Waals surface area contributed by atoms with Gasteiger partial charge in [-0.15, -0.1) is 0 Å². The average Bonchev–Trinajstić information content (AvgIpc) is 3.42. The number of aromatic nitrogens is 2. The highest BCUT2D eigenvalue weighted by atomic mass is 16.6. The number of rotatable bonds is 6. The van der Waals surface area contributed by atoms with E-state index >= 15 is 0 Å². The number of benzene rings is 1. The summed E-state index contributed by atoms with van der Waals surface area (Å²) >= 11 is 0. The van der Waals surface area contributed by atoms with Crippen molar-refractivity contribution in [2.75, 3.05) is 41.4 Å². The van der Waals surface area contributed by atoms with Crippen LogP contribution in [0.3, 0.4) is 0 Å². The minimum atomic E-state index is -0.417. The summed E-state index contributed by atoms with van der Waals surface area (Å²) in [6, 6.07) is 8.26. The second kappa shape index (κ2) is 8.20. The van der Waals surface area contributed by atoms with Gasteiger partial charge in [-0.05, 0) is 25.7 Å². The lowest BCUT2D eigenvalue weighted by atomic mass is 10.2. The summed E-state index contributed by atoms with van der Waals surface area (Å²) in [7, 11) is 0. The Morgan fingerprint density at radius 1 is 1.04 bits per heavy atom. The topological polar surface area (TPSA) is 99.8 Å². The van der Waals surface area contributed by atoms with Gasteiger partial charge in [0.1, 0.15) is 5.82 Å². The average molecular weight is 381 g/mol. The van der Waals surface area contributed by atoms with Crippen molar-refractivity contribution in [2.24, 2.45) is 5.10 Å². The molecule has 2 aromatic rings. The SMILES string of the molecule is O=[N+]([O-])c1cccc(/C=N\Nc2cc(N3CCCC3)nc(N3CCCC3)n2)c1. The predicted molar refractivity (Wildman–Crippen MR) is 109 cm³/mol. The predicted octanol–water partition coefficient (Wildman–Crippen LogP) is 3.03. The second-order valence-electron chi connectivity index (χ2n) is 7.02. The van der Waals surface area contributed by atoms with Gasteiger partial charge in [-0.3, -0.25) is 15.5 Å². The first-order valence-corrected chi connectivity index (χ1v) is 9.61. The quantitative estimate of drug-likeness (QED) is 0.466. The highest BCUT2D eigenvalue weighted by Crippen LogP contribution is 2.25. The Morgan fingerprint density at radius 3 is 2.46 bits per heavy atom. The van der Waals surface area contributed by atoms with Gasteiger partial charge in [-0.1, -0.05) is 12.1 Å². The smallest absolute Gasteiger partial charge is 0.270 e. The van der Waals surface area contributed by atoms with E-state index in [-0.39, 0.29) is 5.69 Å². The van der Waals surface area contributed by atoms with Crippen molar-refractivity contribution in [3.63, 3.8) is 0 Å². The van der Waals surface area contributed by atoms with Crippen molar-refractivity contribution in [1.82, 2.24) is 9.97 Å². The summed E-state index contributed by atoms with van der Waals surface area (Å²) in [4.78, 5) is 24.3. The number of hydrogen-bond donors (Lipinski definition) is 1. The van der Waals surface area contributed by atoms with Crippen molar-refractivity contribution in [3.8, 4) is 0 Å². The maximum atomic E-state index is 10.9. The highest BCUT2D eigenvalue weighted by Gasteiger charge is 2.20. The largest absolute Gasteiger partial charge is 0.356 e. The minimum Gasteiger partial charge on any atom is -0.356 e. The molecule has 0 atom stereocenters. The maximum absolute atomic E-state index is 10.9. The number of hydrogen-bond acceptors (Lipinski definition) is 8. The number of anilines is 3. The molecule has 28 heavy (non-hydrogen) atoms. The zero-order valence-corrected chi connectivity index (χ0v) is 15.6. The van der Waals surface area contributed by atoms with E-state index in [9.17, 15) is 10.1 Å². The van der Waals surface area contributed by atoms with Crippen LogP contribution in [0.5, 0.6) is 0 Å². The number of nitro groups is 1. The molecule has 2 saturated heterocycles. The van der Waals surface area contributed by atoms with Crippen LogP contribution in [0.2, 0.25) is 0 Å². The summed E-state index contributed by atoms with van der Waals surface area (Å²) in [6.45, 7) is 3.96. The molecule has 146 valence electrons. The van der Waals surface area contributed by atoms with E-state index < -0.39 is 4.92 Å². The Balaban J connectivity index is 1.54. The fourth-order valence-electron chi connectivity index (χ4n) is 3.54. The van der Waals surface area contributed by atoms with E-state index in [1.54, 1.807) is 18.3 Å². The number of nitro benzene ring substituents is 1. The molecule has 0 amide bonds. The lowest BCUT2D eigenvalue weighted by Gasteiger charge is -2.21. The monoisotopic (exact) mass is 381 g/mol. The van der Waals surface area contributed by atoms with E-state index in [4.69, 9.17) is 4.98 Å². The highest BCUT2D eigenvalue weighted by molar-refractivity contribution is 5.81. The molecule has 9 nitrogen and oxygen atoms in total. The van der Waals surface area contributed by atoms with Gasteiger partial charge in [0.25, 0.3) is 5.69 Å². The summed E-state index contributed by atoms with van der Waals surface area (Å²) < 4.78 is 0. The van der Waals surface area contributed by atoms with Crippen LogP contribution in [-0.2, 0) is 0 Å². The number of hydrazone groups is 1. The third-order valence-corrected chi connectivity index (χ3v) is 4.99. The number of non-ortho nitro benzene ring substituents is 1. The number of nitrogens with one attached hydrogen (secondary N) is 1. The molecule has 0 aliphatic carbocycles. The van der Waals surface area contributed by atoms with Gasteiger partial charge in [-0.25, -0.2) is 0 Å². The van der Waals surface area contributed by atoms with Crippen LogP contribution in [0.1, 0.15) is 31.2 Å². The van der Waals surface area contributed by atoms with Gasteiger partial charge in [0, 0.05) is 49.9 Å². The molecule has 3 heterocycles. The summed E-state index contributed by atoms with van der Waals surface area (Å²) in [5.74, 6) is 2.28. The molecule has 1 aromatic heterocycles. The molecule has 0 saturated carbocycles. The molecule has 4 rings (SSSR count). The molecular formula is C19H23N7O2. The standard InChI is InChI=1S/C19H23N7O2/c27-26(28)16-7-5-6-15(12-16)14-20-23-17-13-18(24-8-1-2-9-24)22-19(21-17)25-10-3-4-11-25/h5-7,12-14H,1-4,8-11H2,(H,21,22,23)/b20-14-. The van der Waals surface area contributed by atoms with Crippen LogP contribution in [0.4, 0.5) is 23.3 Å². The third kappa shape index (κ3) is 4.19. The minimum absolute atomic E-state index is 0.0404. The Bertz CT molecular complexity index is 840. The van der Waals surface area contributed by atoms with E-state index in [0.717, 1.165) is 50.8 Å². The van der Waals surface area contributed by atoms with Crippen LogP contribution in [0.15, 0.2) is 35.4 Å². The first-order valence-electron chi connectivity index (χ1n) is 9.61. The molecule has 9 heteroatoms. The lowest BCUT2D eigenvalue weighted by molar-refractivity contribution is -0.384. The first-order chi connectivity index (χ1) is 13.7. The summed E-state index contributed by atoms with van der Waals surface area (Å²) in [6.07, 6.45) is 6.23. The fourth-order valence-corrected chi connectivity index (χ4v) is 3.54. The van der Waals surface area contributed by atoms with Gasteiger partial charge in [0.2, 0.25) is 5.95 Å². The Hall–Kier alpha value is -3.23. The molecule has 0 unspecified atom stereocenters. The second-order valence-corrected chi connectivity index (χ2v) is 7.02. The van der Waals surface area contributed by atoms with E-state index in [1.165, 1.54) is 25.0 Å². The molecule has 2 aliphatic rings. The summed E-state index contributed by atoms with van der Waals surface area (Å²) in [5, 5.41) is 15.1. The molecule has 2 aliphatic heterocycles. The zero-order valence-electron chi connectivity index (χ0n) is 15.6. The molecule has 2 fully saturated rings. The maximum Gasteiger partial charge on any atom is 0.270 e. The third-order valence-electron chi connectivity index (χ3n) is 4.99. The van der Waals surface area contributed by atoms with Crippen LogP contribution in [0.25, 0.3) is 0 Å². The van der Waals surface area contributed by atoms with E-state index in [2.05, 4.69) is 25.3 Å². The molecule has 0 spiro atoms. The van der Waals surface area contributed by atoms with E-state index in [0.29, 0.717) is 11.4 Å². The molecule has 0 radical (unpaired) electrons. The molecule has 0 bridgehead atoms. The molecule has 1 N–H and O–H groups in total. The molecule has 1 aromatic carbocycles. The van der Waals surface area contributed by atoms with Crippen molar-refractivity contribution in [1.29, 1.82) is 0 Å². The van der Waals surface area contributed by atoms with Gasteiger partial charge in [-0.2, -0.15) is 15.1 Å². The lowest BCUT2D eigenvalue weighted by Crippen LogP contribution is -2.24. The fraction of sp³-hybridized carbons (Fsp3) is 0.421. The van der Waals surface area contributed by atoms with Crippen LogP contribution < -0.4 is 15.2 Å². The van der Waals surface area contributed by atoms with Crippen molar-refractivity contribution in [3.05, 3.63) is 46.0 Å². The first kappa shape index (κ1) is 18.1. The van der Waals surface area contributed by atoms with Gasteiger partial charge < -0.3 is 9.80 Å². The normalized spacial score (nSPS) is 16.9.